The Morgan fingerprint density at radius 1 is 1.37 bits per heavy atom. The Balaban J connectivity index is 2.42. The van der Waals surface area contributed by atoms with E-state index in [0.29, 0.717) is 5.56 Å². The van der Waals surface area contributed by atoms with Gasteiger partial charge in [0, 0.05) is 12.5 Å². The lowest BCUT2D eigenvalue weighted by Gasteiger charge is -2.30. The molecule has 1 amide bonds. The van der Waals surface area contributed by atoms with Crippen LogP contribution in [0.5, 0.6) is 0 Å². The van der Waals surface area contributed by atoms with Gasteiger partial charge in [0.2, 0.25) is 5.91 Å². The molecule has 0 aromatic heterocycles. The number of benzene rings is 1. The van der Waals surface area contributed by atoms with E-state index < -0.39 is 17.6 Å². The Kier molecular flexibility index (Phi) is 3.35. The molecule has 0 radical (unpaired) electrons. The predicted molar refractivity (Wildman–Crippen MR) is 66.9 cm³/mol. The van der Waals surface area contributed by atoms with E-state index in [9.17, 15) is 14.7 Å². The van der Waals surface area contributed by atoms with Gasteiger partial charge >= 0.3 is 5.97 Å². The summed E-state index contributed by atoms with van der Waals surface area (Å²) in [5.74, 6) is -1.11. The first-order valence-corrected chi connectivity index (χ1v) is 5.73. The molecular weight excluding hydrogens is 248 g/mol. The third-order valence-corrected chi connectivity index (χ3v) is 2.94. The third kappa shape index (κ3) is 2.22. The average molecular weight is 262 g/mol. The molecule has 1 N–H and O–H groups in total. The number of aliphatic hydroxyl groups is 1. The lowest BCUT2D eigenvalue weighted by atomic mass is 9.97. The van der Waals surface area contributed by atoms with Crippen molar-refractivity contribution < 1.29 is 19.4 Å². The minimum absolute atomic E-state index is 0.0176. The second kappa shape index (κ2) is 4.81. The normalized spacial score (nSPS) is 22.1. The Morgan fingerprint density at radius 2 is 2.00 bits per heavy atom. The van der Waals surface area contributed by atoms with Crippen LogP contribution in [0.25, 0.3) is 0 Å². The Bertz CT molecular complexity index is 541. The molecule has 0 bridgehead atoms. The summed E-state index contributed by atoms with van der Waals surface area (Å²) in [5.41, 5.74) is -1.13. The van der Waals surface area contributed by atoms with Crippen LogP contribution in [0.1, 0.15) is 18.9 Å². The lowest BCUT2D eigenvalue weighted by molar-refractivity contribution is -0.155. The summed E-state index contributed by atoms with van der Waals surface area (Å²) in [5, 5.41) is 15.5. The highest BCUT2D eigenvalue weighted by Gasteiger charge is 2.46. The molecule has 0 saturated heterocycles. The van der Waals surface area contributed by atoms with Gasteiger partial charge in [-0.15, -0.1) is 0 Å². The van der Waals surface area contributed by atoms with Crippen LogP contribution >= 0.6 is 0 Å². The van der Waals surface area contributed by atoms with Gasteiger partial charge in [-0.3, -0.25) is 4.79 Å². The monoisotopic (exact) mass is 262 g/mol. The van der Waals surface area contributed by atoms with Gasteiger partial charge in [-0.1, -0.05) is 30.3 Å². The second-order valence-electron chi connectivity index (χ2n) is 4.23. The summed E-state index contributed by atoms with van der Waals surface area (Å²) in [6.07, 6.45) is -0.0940. The molecular formula is C13H14N2O4. The van der Waals surface area contributed by atoms with Gasteiger partial charge < -0.3 is 9.84 Å². The number of carbonyl (C=O) groups is 2. The number of hydrogen-bond donors (Lipinski definition) is 1. The first-order chi connectivity index (χ1) is 8.99. The zero-order valence-corrected chi connectivity index (χ0v) is 10.7. The van der Waals surface area contributed by atoms with Crippen molar-refractivity contribution >= 4 is 17.6 Å². The van der Waals surface area contributed by atoms with E-state index in [1.54, 1.807) is 30.3 Å². The van der Waals surface area contributed by atoms with E-state index in [1.807, 2.05) is 0 Å². The van der Waals surface area contributed by atoms with E-state index in [4.69, 9.17) is 0 Å². The fraction of sp³-hybridized carbons (Fsp3) is 0.308. The lowest BCUT2D eigenvalue weighted by Crippen LogP contribution is -2.42. The van der Waals surface area contributed by atoms with Crippen LogP contribution in [-0.2, 0) is 20.1 Å². The van der Waals surface area contributed by atoms with Gasteiger partial charge in [-0.05, 0) is 0 Å². The number of nitrogens with zero attached hydrogens (tertiary/aromatic N) is 2. The second-order valence-corrected chi connectivity index (χ2v) is 4.23. The fourth-order valence-corrected chi connectivity index (χ4v) is 2.04. The summed E-state index contributed by atoms with van der Waals surface area (Å²) in [6.45, 7) is 1.28. The molecule has 0 unspecified atom stereocenters. The molecule has 0 aliphatic carbocycles. The number of methoxy groups -OCH3 is 1. The molecule has 100 valence electrons. The highest BCUT2D eigenvalue weighted by atomic mass is 16.5. The van der Waals surface area contributed by atoms with Crippen LogP contribution in [0.4, 0.5) is 0 Å². The molecule has 0 saturated carbocycles. The van der Waals surface area contributed by atoms with Gasteiger partial charge in [-0.25, -0.2) is 4.79 Å². The average Bonchev–Trinajstić information content (AvgIpc) is 2.78. The van der Waals surface area contributed by atoms with Crippen molar-refractivity contribution in [2.24, 2.45) is 5.10 Å². The Hall–Kier alpha value is -2.21. The van der Waals surface area contributed by atoms with Crippen molar-refractivity contribution in [3.05, 3.63) is 35.9 Å². The van der Waals surface area contributed by atoms with E-state index in [1.165, 1.54) is 14.0 Å². The van der Waals surface area contributed by atoms with Gasteiger partial charge in [0.05, 0.1) is 13.5 Å². The van der Waals surface area contributed by atoms with Crippen LogP contribution in [0.15, 0.2) is 35.4 Å². The van der Waals surface area contributed by atoms with Crippen molar-refractivity contribution in [1.29, 1.82) is 0 Å². The molecule has 1 heterocycles. The van der Waals surface area contributed by atoms with Crippen molar-refractivity contribution in [3.8, 4) is 0 Å². The van der Waals surface area contributed by atoms with Gasteiger partial charge in [0.15, 0.2) is 11.4 Å². The van der Waals surface area contributed by atoms with Crippen LogP contribution < -0.4 is 0 Å². The molecule has 0 fully saturated rings. The Morgan fingerprint density at radius 3 is 2.53 bits per heavy atom. The molecule has 1 aliphatic heterocycles. The van der Waals surface area contributed by atoms with Crippen molar-refractivity contribution in [1.82, 2.24) is 5.01 Å². The van der Waals surface area contributed by atoms with Crippen LogP contribution in [0.3, 0.4) is 0 Å². The van der Waals surface area contributed by atoms with Gasteiger partial charge in [0.1, 0.15) is 0 Å². The van der Waals surface area contributed by atoms with Crippen molar-refractivity contribution in [3.63, 3.8) is 0 Å². The van der Waals surface area contributed by atoms with Crippen LogP contribution in [-0.4, -0.2) is 34.8 Å². The number of rotatable bonds is 2. The standard InChI is InChI=1S/C13H14N2O4/c1-9(16)15-13(18,10-6-4-3-5-7-10)8-11(14-15)12(17)19-2/h3-7,18H,8H2,1-2H3/t13-/m1/s1. The van der Waals surface area contributed by atoms with Crippen LogP contribution in [0.2, 0.25) is 0 Å². The van der Waals surface area contributed by atoms with E-state index >= 15 is 0 Å². The maximum absolute atomic E-state index is 11.6. The molecule has 6 heteroatoms. The minimum atomic E-state index is -1.64. The number of hydrazone groups is 1. The summed E-state index contributed by atoms with van der Waals surface area (Å²) in [7, 11) is 1.23. The number of carbonyl (C=O) groups excluding carboxylic acids is 2. The zero-order valence-electron chi connectivity index (χ0n) is 10.7. The van der Waals surface area contributed by atoms with Gasteiger partial charge in [-0.2, -0.15) is 10.1 Å². The molecule has 1 aromatic carbocycles. The first-order valence-electron chi connectivity index (χ1n) is 5.73. The maximum Gasteiger partial charge on any atom is 0.354 e. The predicted octanol–water partition coefficient (Wildman–Crippen LogP) is 0.613. The van der Waals surface area contributed by atoms with E-state index in [-0.39, 0.29) is 12.1 Å². The summed E-state index contributed by atoms with van der Waals surface area (Å²) < 4.78 is 4.57. The highest BCUT2D eigenvalue weighted by molar-refractivity contribution is 6.37. The topological polar surface area (TPSA) is 79.2 Å². The summed E-state index contributed by atoms with van der Waals surface area (Å²) >= 11 is 0. The molecule has 0 spiro atoms. The zero-order chi connectivity index (χ0) is 14.0. The molecule has 6 nitrogen and oxygen atoms in total. The third-order valence-electron chi connectivity index (χ3n) is 2.94. The summed E-state index contributed by atoms with van der Waals surface area (Å²) in [6, 6.07) is 8.61. The number of amides is 1. The molecule has 2 rings (SSSR count). The fourth-order valence-electron chi connectivity index (χ4n) is 2.04. The van der Waals surface area contributed by atoms with Crippen molar-refractivity contribution in [2.45, 2.75) is 19.1 Å². The first kappa shape index (κ1) is 13.2. The highest BCUT2D eigenvalue weighted by Crippen LogP contribution is 2.35. The maximum atomic E-state index is 11.6. The van der Waals surface area contributed by atoms with Gasteiger partial charge in [0.25, 0.3) is 0 Å². The van der Waals surface area contributed by atoms with Crippen molar-refractivity contribution in [2.75, 3.05) is 7.11 Å². The van der Waals surface area contributed by atoms with E-state index in [2.05, 4.69) is 9.84 Å². The molecule has 1 aliphatic rings. The number of ether oxygens (including phenoxy) is 1. The molecule has 19 heavy (non-hydrogen) atoms. The van der Waals surface area contributed by atoms with Crippen LogP contribution in [0, 0.1) is 0 Å². The quantitative estimate of drug-likeness (QED) is 0.792. The van der Waals surface area contributed by atoms with E-state index in [0.717, 1.165) is 5.01 Å². The molecule has 1 atom stereocenters. The minimum Gasteiger partial charge on any atom is -0.464 e. The molecule has 1 aromatic rings. The number of hydrogen-bond acceptors (Lipinski definition) is 5. The largest absolute Gasteiger partial charge is 0.464 e. The number of esters is 1. The SMILES string of the molecule is COC(=O)C1=NN(C(C)=O)[C@](O)(c2ccccc2)C1. The Labute approximate surface area is 110 Å². The smallest absolute Gasteiger partial charge is 0.354 e. The summed E-state index contributed by atoms with van der Waals surface area (Å²) in [4.78, 5) is 23.1.